The molecule has 2 aromatic rings. The Morgan fingerprint density at radius 1 is 1.36 bits per heavy atom. The predicted molar refractivity (Wildman–Crippen MR) is 86.5 cm³/mol. The summed E-state index contributed by atoms with van der Waals surface area (Å²) >= 11 is 6.91. The fourth-order valence-electron chi connectivity index (χ4n) is 1.77. The average Bonchev–Trinajstić information content (AvgIpc) is 2.84. The van der Waals surface area contributed by atoms with E-state index in [0.717, 1.165) is 5.56 Å². The number of carbonyl (C=O) groups is 1. The number of hydrogen-bond donors (Lipinski definition) is 1. The molecule has 3 rings (SSSR count). The first kappa shape index (κ1) is 14.7. The van der Waals surface area contributed by atoms with Gasteiger partial charge in [-0.25, -0.2) is 9.38 Å². The fourth-order valence-corrected chi connectivity index (χ4v) is 2.78. The van der Waals surface area contributed by atoms with Crippen LogP contribution in [0.15, 0.2) is 52.6 Å². The summed E-state index contributed by atoms with van der Waals surface area (Å²) in [5, 5.41) is 3.06. The maximum absolute atomic E-state index is 13.1. The molecule has 0 atom stereocenters. The van der Waals surface area contributed by atoms with Gasteiger partial charge in [-0.15, -0.1) is 0 Å². The highest BCUT2D eigenvalue weighted by Crippen LogP contribution is 2.29. The van der Waals surface area contributed by atoms with E-state index in [9.17, 15) is 9.18 Å². The number of aliphatic imine (C=N–C) groups is 1. The molecule has 0 spiro atoms. The van der Waals surface area contributed by atoms with E-state index in [4.69, 9.17) is 11.6 Å². The summed E-state index contributed by atoms with van der Waals surface area (Å²) < 4.78 is 13.1. The third-order valence-electron chi connectivity index (χ3n) is 2.77. The molecule has 1 aromatic heterocycles. The van der Waals surface area contributed by atoms with Crippen molar-refractivity contribution in [2.24, 2.45) is 4.99 Å². The Balaban J connectivity index is 1.83. The average molecular weight is 334 g/mol. The Bertz CT molecular complexity index is 793. The van der Waals surface area contributed by atoms with E-state index < -0.39 is 5.82 Å². The summed E-state index contributed by atoms with van der Waals surface area (Å²) in [6.45, 7) is 0. The lowest BCUT2D eigenvalue weighted by Gasteiger charge is -1.98. The van der Waals surface area contributed by atoms with E-state index in [-0.39, 0.29) is 10.9 Å². The van der Waals surface area contributed by atoms with Crippen molar-refractivity contribution in [1.29, 1.82) is 0 Å². The van der Waals surface area contributed by atoms with Gasteiger partial charge in [0.15, 0.2) is 5.17 Å². The second kappa shape index (κ2) is 6.29. The molecule has 1 saturated heterocycles. The molecule has 4 nitrogen and oxygen atoms in total. The number of amides is 1. The number of aromatic nitrogens is 1. The number of nitrogens with zero attached hydrogens (tertiary/aromatic N) is 2. The summed E-state index contributed by atoms with van der Waals surface area (Å²) in [4.78, 5) is 20.7. The Morgan fingerprint density at radius 3 is 2.95 bits per heavy atom. The molecule has 22 heavy (non-hydrogen) atoms. The molecule has 1 aliphatic rings. The molecule has 1 amide bonds. The first-order valence-electron chi connectivity index (χ1n) is 6.26. The van der Waals surface area contributed by atoms with Gasteiger partial charge in [0.2, 0.25) is 0 Å². The van der Waals surface area contributed by atoms with Gasteiger partial charge in [0.25, 0.3) is 5.91 Å². The molecule has 7 heteroatoms. The molecule has 1 aliphatic heterocycles. The smallest absolute Gasteiger partial charge is 0.264 e. The monoisotopic (exact) mass is 333 g/mol. The number of rotatable bonds is 2. The summed E-state index contributed by atoms with van der Waals surface area (Å²) in [5.41, 5.74) is 1.29. The largest absolute Gasteiger partial charge is 0.300 e. The van der Waals surface area contributed by atoms with E-state index in [1.54, 1.807) is 24.5 Å². The lowest BCUT2D eigenvalue weighted by Crippen LogP contribution is -2.19. The van der Waals surface area contributed by atoms with Crippen LogP contribution in [-0.2, 0) is 4.79 Å². The molecule has 0 aliphatic carbocycles. The van der Waals surface area contributed by atoms with Gasteiger partial charge in [0, 0.05) is 12.4 Å². The standard InChI is InChI=1S/C15H9ClFN3OS/c16-11-7-10(3-4-12(11)17)19-15-20-14(21)13(22-15)6-9-2-1-5-18-8-9/h1-8H,(H,19,20,21). The number of carbonyl (C=O) groups excluding carboxylic acids is 1. The van der Waals surface area contributed by atoms with E-state index in [2.05, 4.69) is 15.3 Å². The zero-order valence-electron chi connectivity index (χ0n) is 11.1. The fraction of sp³-hybridized carbons (Fsp3) is 0. The maximum Gasteiger partial charge on any atom is 0.264 e. The Hall–Kier alpha value is -2.18. The minimum Gasteiger partial charge on any atom is -0.300 e. The third kappa shape index (κ3) is 3.35. The molecule has 1 aromatic carbocycles. The minimum atomic E-state index is -0.508. The van der Waals surface area contributed by atoms with Gasteiger partial charge in [-0.2, -0.15) is 0 Å². The van der Waals surface area contributed by atoms with Crippen LogP contribution in [0.1, 0.15) is 5.56 Å². The number of amidine groups is 1. The highest BCUT2D eigenvalue weighted by atomic mass is 35.5. The normalized spacial score (nSPS) is 18.0. The van der Waals surface area contributed by atoms with Crippen molar-refractivity contribution >= 4 is 46.2 Å². The second-order valence-corrected chi connectivity index (χ2v) is 5.80. The third-order valence-corrected chi connectivity index (χ3v) is 3.97. The minimum absolute atomic E-state index is 0.0118. The first-order chi connectivity index (χ1) is 10.6. The molecular formula is C15H9ClFN3OS. The van der Waals surface area contributed by atoms with Crippen molar-refractivity contribution in [2.45, 2.75) is 0 Å². The van der Waals surface area contributed by atoms with Crippen LogP contribution in [0, 0.1) is 5.82 Å². The van der Waals surface area contributed by atoms with Crippen molar-refractivity contribution in [3.8, 4) is 0 Å². The van der Waals surface area contributed by atoms with E-state index >= 15 is 0 Å². The van der Waals surface area contributed by atoms with Crippen LogP contribution in [0.4, 0.5) is 10.1 Å². The Kier molecular flexibility index (Phi) is 4.22. The lowest BCUT2D eigenvalue weighted by molar-refractivity contribution is -0.115. The molecule has 0 radical (unpaired) electrons. The van der Waals surface area contributed by atoms with Crippen LogP contribution >= 0.6 is 23.4 Å². The number of halogens is 2. The van der Waals surface area contributed by atoms with Crippen LogP contribution in [0.3, 0.4) is 0 Å². The predicted octanol–water partition coefficient (Wildman–Crippen LogP) is 3.77. The van der Waals surface area contributed by atoms with Gasteiger partial charge in [0.1, 0.15) is 5.82 Å². The number of pyridine rings is 1. The highest BCUT2D eigenvalue weighted by Gasteiger charge is 2.23. The van der Waals surface area contributed by atoms with Crippen molar-refractivity contribution in [3.05, 3.63) is 64.0 Å². The quantitative estimate of drug-likeness (QED) is 0.851. The summed E-state index contributed by atoms with van der Waals surface area (Å²) in [6.07, 6.45) is 5.05. The molecule has 2 heterocycles. The second-order valence-electron chi connectivity index (χ2n) is 4.37. The van der Waals surface area contributed by atoms with Crippen LogP contribution < -0.4 is 5.32 Å². The van der Waals surface area contributed by atoms with Crippen LogP contribution in [0.25, 0.3) is 6.08 Å². The maximum atomic E-state index is 13.1. The SMILES string of the molecule is O=C1NC(=Nc2ccc(F)c(Cl)c2)SC1=Cc1cccnc1. The first-order valence-corrected chi connectivity index (χ1v) is 7.46. The zero-order chi connectivity index (χ0) is 15.5. The molecule has 0 saturated carbocycles. The summed E-state index contributed by atoms with van der Waals surface area (Å²) in [5.74, 6) is -0.744. The van der Waals surface area contributed by atoms with Crippen LogP contribution in [-0.4, -0.2) is 16.1 Å². The van der Waals surface area contributed by atoms with Gasteiger partial charge in [-0.3, -0.25) is 9.78 Å². The van der Waals surface area contributed by atoms with Gasteiger partial charge in [0.05, 0.1) is 15.6 Å². The molecule has 1 N–H and O–H groups in total. The number of hydrogen-bond acceptors (Lipinski definition) is 4. The van der Waals surface area contributed by atoms with Crippen molar-refractivity contribution in [2.75, 3.05) is 0 Å². The lowest BCUT2D eigenvalue weighted by atomic mass is 10.2. The van der Waals surface area contributed by atoms with E-state index in [1.807, 2.05) is 6.07 Å². The molecule has 0 unspecified atom stereocenters. The van der Waals surface area contributed by atoms with Crippen LogP contribution in [0.2, 0.25) is 5.02 Å². The van der Waals surface area contributed by atoms with E-state index in [1.165, 1.54) is 30.0 Å². The molecular weight excluding hydrogens is 325 g/mol. The summed E-state index contributed by atoms with van der Waals surface area (Å²) in [6, 6.07) is 7.76. The van der Waals surface area contributed by atoms with Crippen molar-refractivity contribution < 1.29 is 9.18 Å². The highest BCUT2D eigenvalue weighted by molar-refractivity contribution is 8.18. The molecule has 110 valence electrons. The molecule has 0 bridgehead atoms. The zero-order valence-corrected chi connectivity index (χ0v) is 12.7. The van der Waals surface area contributed by atoms with Crippen molar-refractivity contribution in [1.82, 2.24) is 10.3 Å². The Labute approximate surface area is 135 Å². The number of nitrogens with one attached hydrogen (secondary N) is 1. The van der Waals surface area contributed by atoms with E-state index in [0.29, 0.717) is 15.8 Å². The van der Waals surface area contributed by atoms with Gasteiger partial charge in [-0.05, 0) is 47.7 Å². The van der Waals surface area contributed by atoms with Gasteiger partial charge >= 0.3 is 0 Å². The Morgan fingerprint density at radius 2 is 2.23 bits per heavy atom. The van der Waals surface area contributed by atoms with Crippen LogP contribution in [0.5, 0.6) is 0 Å². The van der Waals surface area contributed by atoms with Crippen molar-refractivity contribution in [3.63, 3.8) is 0 Å². The van der Waals surface area contributed by atoms with Gasteiger partial charge in [-0.1, -0.05) is 17.7 Å². The van der Waals surface area contributed by atoms with Gasteiger partial charge < -0.3 is 5.32 Å². The number of thioether (sulfide) groups is 1. The molecule has 1 fully saturated rings. The summed E-state index contributed by atoms with van der Waals surface area (Å²) in [7, 11) is 0. The topological polar surface area (TPSA) is 54.4 Å². The number of benzene rings is 1.